The first-order chi connectivity index (χ1) is 18.3. The van der Waals surface area contributed by atoms with E-state index in [9.17, 15) is 24.0 Å². The first-order valence-electron chi connectivity index (χ1n) is 12.4. The number of esters is 2. The molecule has 9 heteroatoms. The SMILES string of the molecule is CC1CCC2C(=O)N(c3ccc(C(=O)OCC(=O)c4ccc(OC(=O)c5ccco5)cc4)cc3)C(=O)C2C1. The minimum Gasteiger partial charge on any atom is -0.457 e. The van der Waals surface area contributed by atoms with Crippen molar-refractivity contribution < 1.29 is 37.9 Å². The van der Waals surface area contributed by atoms with Crippen molar-refractivity contribution in [3.8, 4) is 5.75 Å². The average Bonchev–Trinajstić information content (AvgIpc) is 3.55. The molecule has 2 aliphatic rings. The van der Waals surface area contributed by atoms with Crippen LogP contribution in [-0.2, 0) is 14.3 Å². The van der Waals surface area contributed by atoms with Crippen LogP contribution in [0.1, 0.15) is 57.5 Å². The van der Waals surface area contributed by atoms with Crippen LogP contribution in [0.5, 0.6) is 5.75 Å². The van der Waals surface area contributed by atoms with Gasteiger partial charge in [0, 0.05) is 5.56 Å². The molecule has 1 aliphatic carbocycles. The van der Waals surface area contributed by atoms with Crippen molar-refractivity contribution in [1.82, 2.24) is 0 Å². The minimum atomic E-state index is -0.713. The van der Waals surface area contributed by atoms with Crippen LogP contribution in [0.25, 0.3) is 0 Å². The Bertz CT molecular complexity index is 1370. The van der Waals surface area contributed by atoms with E-state index in [4.69, 9.17) is 13.9 Å². The van der Waals surface area contributed by atoms with Crippen LogP contribution in [0.15, 0.2) is 71.3 Å². The summed E-state index contributed by atoms with van der Waals surface area (Å²) in [6, 6.07) is 14.9. The summed E-state index contributed by atoms with van der Waals surface area (Å²) in [5.41, 5.74) is 0.877. The Kier molecular flexibility index (Phi) is 6.91. The Morgan fingerprint density at radius 1 is 0.868 bits per heavy atom. The van der Waals surface area contributed by atoms with Crippen molar-refractivity contribution in [3.63, 3.8) is 0 Å². The van der Waals surface area contributed by atoms with Crippen molar-refractivity contribution in [2.75, 3.05) is 11.5 Å². The number of ketones is 1. The maximum absolute atomic E-state index is 12.9. The van der Waals surface area contributed by atoms with Gasteiger partial charge in [0.15, 0.2) is 12.4 Å². The molecule has 1 saturated carbocycles. The van der Waals surface area contributed by atoms with Gasteiger partial charge in [0.05, 0.1) is 29.3 Å². The highest BCUT2D eigenvalue weighted by Crippen LogP contribution is 2.42. The molecular weight excluding hydrogens is 490 g/mol. The van der Waals surface area contributed by atoms with Crippen molar-refractivity contribution >= 4 is 35.2 Å². The number of anilines is 1. The van der Waals surface area contributed by atoms with Gasteiger partial charge in [0.2, 0.25) is 17.6 Å². The van der Waals surface area contributed by atoms with Crippen LogP contribution in [0, 0.1) is 17.8 Å². The van der Waals surface area contributed by atoms with E-state index >= 15 is 0 Å². The summed E-state index contributed by atoms with van der Waals surface area (Å²) in [5.74, 6) is -2.05. The third-order valence-electron chi connectivity index (χ3n) is 6.99. The van der Waals surface area contributed by atoms with Gasteiger partial charge in [-0.1, -0.05) is 6.92 Å². The Balaban J connectivity index is 1.16. The largest absolute Gasteiger partial charge is 0.457 e. The van der Waals surface area contributed by atoms with Crippen molar-refractivity contribution in [3.05, 3.63) is 83.8 Å². The molecule has 2 heterocycles. The highest BCUT2D eigenvalue weighted by Gasteiger charge is 2.49. The van der Waals surface area contributed by atoms with Gasteiger partial charge in [-0.15, -0.1) is 0 Å². The number of fused-ring (bicyclic) bond motifs is 1. The minimum absolute atomic E-state index is 0.0522. The predicted octanol–water partition coefficient (Wildman–Crippen LogP) is 4.46. The molecule has 2 aromatic carbocycles. The zero-order valence-corrected chi connectivity index (χ0v) is 20.6. The third kappa shape index (κ3) is 5.00. The van der Waals surface area contributed by atoms with E-state index in [1.165, 1.54) is 65.8 Å². The number of nitrogens with zero attached hydrogens (tertiary/aromatic N) is 1. The quantitative estimate of drug-likeness (QED) is 0.196. The summed E-state index contributed by atoms with van der Waals surface area (Å²) in [6.45, 7) is 1.61. The summed E-state index contributed by atoms with van der Waals surface area (Å²) in [5, 5.41) is 0. The van der Waals surface area contributed by atoms with Crippen LogP contribution in [0.4, 0.5) is 5.69 Å². The summed E-state index contributed by atoms with van der Waals surface area (Å²) in [4.78, 5) is 63.9. The van der Waals surface area contributed by atoms with E-state index in [0.29, 0.717) is 24.4 Å². The first kappa shape index (κ1) is 25.1. The number of amides is 2. The molecule has 0 N–H and O–H groups in total. The standard InChI is InChI=1S/C29H25NO8/c1-17-4-13-22-23(15-17)27(33)30(26(22)32)20-9-5-19(6-10-20)28(34)37-16-24(31)18-7-11-21(12-8-18)38-29(35)25-3-2-14-36-25/h2-3,5-12,14,17,22-23H,4,13,15-16H2,1H3. The number of hydrogen-bond donors (Lipinski definition) is 0. The molecule has 0 radical (unpaired) electrons. The molecule has 0 spiro atoms. The normalized spacial score (nSPS) is 20.7. The van der Waals surface area contributed by atoms with Crippen molar-refractivity contribution in [2.24, 2.45) is 17.8 Å². The number of Topliss-reactive ketones (excluding diaryl/α,β-unsaturated/α-hetero) is 1. The van der Waals surface area contributed by atoms with Crippen LogP contribution in [0.3, 0.4) is 0 Å². The number of carbonyl (C=O) groups excluding carboxylic acids is 5. The molecule has 2 amide bonds. The lowest BCUT2D eigenvalue weighted by molar-refractivity contribution is -0.122. The smallest absolute Gasteiger partial charge is 0.379 e. The van der Waals surface area contributed by atoms with Crippen molar-refractivity contribution in [2.45, 2.75) is 26.2 Å². The number of furan rings is 1. The van der Waals surface area contributed by atoms with Crippen molar-refractivity contribution in [1.29, 1.82) is 0 Å². The number of rotatable bonds is 7. The number of ether oxygens (including phenoxy) is 2. The van der Waals surface area contributed by atoms with Crippen LogP contribution in [-0.4, -0.2) is 36.1 Å². The van der Waals surface area contributed by atoms with Crippen LogP contribution < -0.4 is 9.64 Å². The fourth-order valence-electron chi connectivity index (χ4n) is 4.95. The lowest BCUT2D eigenvalue weighted by atomic mass is 9.76. The van der Waals surface area contributed by atoms with E-state index in [2.05, 4.69) is 6.92 Å². The van der Waals surface area contributed by atoms with Gasteiger partial charge in [0.1, 0.15) is 5.75 Å². The van der Waals surface area contributed by atoms with Crippen LogP contribution >= 0.6 is 0 Å². The summed E-state index contributed by atoms with van der Waals surface area (Å²) in [7, 11) is 0. The highest BCUT2D eigenvalue weighted by atomic mass is 16.5. The van der Waals surface area contributed by atoms with Gasteiger partial charge >= 0.3 is 11.9 Å². The molecule has 9 nitrogen and oxygen atoms in total. The van der Waals surface area contributed by atoms with Crippen LogP contribution in [0.2, 0.25) is 0 Å². The van der Waals surface area contributed by atoms with E-state index in [0.717, 1.165) is 6.42 Å². The lowest BCUT2D eigenvalue weighted by Gasteiger charge is -2.25. The lowest BCUT2D eigenvalue weighted by Crippen LogP contribution is -2.30. The molecular formula is C29H25NO8. The number of carbonyl (C=O) groups is 5. The maximum Gasteiger partial charge on any atom is 0.379 e. The second kappa shape index (κ2) is 10.5. The fourth-order valence-corrected chi connectivity index (χ4v) is 4.95. The molecule has 194 valence electrons. The zero-order valence-electron chi connectivity index (χ0n) is 20.6. The van der Waals surface area contributed by atoms with E-state index < -0.39 is 24.3 Å². The molecule has 2 fully saturated rings. The summed E-state index contributed by atoms with van der Waals surface area (Å²) < 4.78 is 15.3. The van der Waals surface area contributed by atoms with Gasteiger partial charge in [0.25, 0.3) is 0 Å². The molecule has 1 aliphatic heterocycles. The summed E-state index contributed by atoms with van der Waals surface area (Å²) >= 11 is 0. The van der Waals surface area contributed by atoms with E-state index in [-0.39, 0.29) is 46.3 Å². The fraction of sp³-hybridized carbons (Fsp3) is 0.276. The van der Waals surface area contributed by atoms with Gasteiger partial charge in [-0.3, -0.25) is 19.3 Å². The van der Waals surface area contributed by atoms with Gasteiger partial charge in [-0.05, 0) is 85.8 Å². The van der Waals surface area contributed by atoms with Gasteiger partial charge < -0.3 is 13.9 Å². The number of hydrogen-bond acceptors (Lipinski definition) is 8. The molecule has 5 rings (SSSR count). The Hall–Kier alpha value is -4.53. The molecule has 0 bridgehead atoms. The Labute approximate surface area is 218 Å². The molecule has 1 saturated heterocycles. The Morgan fingerprint density at radius 2 is 1.55 bits per heavy atom. The van der Waals surface area contributed by atoms with E-state index in [1.807, 2.05) is 0 Å². The number of benzene rings is 2. The topological polar surface area (TPSA) is 120 Å². The number of imide groups is 1. The monoisotopic (exact) mass is 515 g/mol. The highest BCUT2D eigenvalue weighted by molar-refractivity contribution is 6.22. The van der Waals surface area contributed by atoms with E-state index in [1.54, 1.807) is 6.07 Å². The molecule has 1 aromatic heterocycles. The third-order valence-corrected chi connectivity index (χ3v) is 6.99. The molecule has 3 atom stereocenters. The first-order valence-corrected chi connectivity index (χ1v) is 12.4. The molecule has 3 unspecified atom stereocenters. The average molecular weight is 516 g/mol. The summed E-state index contributed by atoms with van der Waals surface area (Å²) in [6.07, 6.45) is 3.71. The Morgan fingerprint density at radius 3 is 2.24 bits per heavy atom. The van der Waals surface area contributed by atoms with Gasteiger partial charge in [-0.2, -0.15) is 0 Å². The zero-order chi connectivity index (χ0) is 26.8. The maximum atomic E-state index is 12.9. The second-order valence-corrected chi connectivity index (χ2v) is 9.58. The van der Waals surface area contributed by atoms with Gasteiger partial charge in [-0.25, -0.2) is 9.59 Å². The second-order valence-electron chi connectivity index (χ2n) is 9.58. The predicted molar refractivity (Wildman–Crippen MR) is 134 cm³/mol. The molecule has 3 aromatic rings. The molecule has 38 heavy (non-hydrogen) atoms.